The topological polar surface area (TPSA) is 47.6 Å². The molecule has 1 aromatic carbocycles. The van der Waals surface area contributed by atoms with Gasteiger partial charge in [-0.15, -0.1) is 0 Å². The Morgan fingerprint density at radius 2 is 1.95 bits per heavy atom. The molecular formula is C15H23NO3. The van der Waals surface area contributed by atoms with Crippen molar-refractivity contribution in [3.8, 4) is 5.75 Å². The summed E-state index contributed by atoms with van der Waals surface area (Å²) in [5, 5.41) is 3.37. The highest BCUT2D eigenvalue weighted by Gasteiger charge is 2.16. The fraction of sp³-hybridized carbons (Fsp3) is 0.533. The van der Waals surface area contributed by atoms with Gasteiger partial charge in [-0.05, 0) is 37.6 Å². The Morgan fingerprint density at radius 1 is 1.26 bits per heavy atom. The predicted octanol–water partition coefficient (Wildman–Crippen LogP) is 2.69. The van der Waals surface area contributed by atoms with Crippen molar-refractivity contribution in [2.45, 2.75) is 32.7 Å². The maximum Gasteiger partial charge on any atom is 0.307 e. The minimum absolute atomic E-state index is 0.00935. The molecule has 0 aliphatic heterocycles. The number of nitrogens with one attached hydrogen (secondary N) is 1. The molecule has 0 radical (unpaired) electrons. The molecule has 1 N–H and O–H groups in total. The van der Waals surface area contributed by atoms with Crippen molar-refractivity contribution in [2.24, 2.45) is 0 Å². The Morgan fingerprint density at radius 3 is 2.47 bits per heavy atom. The van der Waals surface area contributed by atoms with E-state index in [1.54, 1.807) is 7.11 Å². The van der Waals surface area contributed by atoms with Crippen molar-refractivity contribution >= 4 is 5.97 Å². The third kappa shape index (κ3) is 5.30. The van der Waals surface area contributed by atoms with Crippen LogP contribution in [0.4, 0.5) is 0 Å². The van der Waals surface area contributed by atoms with E-state index < -0.39 is 0 Å². The van der Waals surface area contributed by atoms with Crippen molar-refractivity contribution in [3.63, 3.8) is 0 Å². The average molecular weight is 265 g/mol. The molecule has 0 saturated heterocycles. The molecule has 0 heterocycles. The van der Waals surface area contributed by atoms with E-state index in [1.165, 1.54) is 0 Å². The second kappa shape index (κ2) is 8.53. The quantitative estimate of drug-likeness (QED) is 0.734. The van der Waals surface area contributed by atoms with Crippen molar-refractivity contribution in [2.75, 3.05) is 20.3 Å². The summed E-state index contributed by atoms with van der Waals surface area (Å²) < 4.78 is 10.2. The second-order valence-electron chi connectivity index (χ2n) is 4.29. The van der Waals surface area contributed by atoms with E-state index in [4.69, 9.17) is 9.47 Å². The lowest BCUT2D eigenvalue weighted by atomic mass is 10.0. The molecular weight excluding hydrogens is 242 g/mol. The molecule has 0 fully saturated rings. The number of esters is 1. The average Bonchev–Trinajstić information content (AvgIpc) is 2.44. The zero-order valence-electron chi connectivity index (χ0n) is 11.9. The Kier molecular flexibility index (Phi) is 6.97. The van der Waals surface area contributed by atoms with Crippen molar-refractivity contribution in [1.29, 1.82) is 0 Å². The van der Waals surface area contributed by atoms with Crippen LogP contribution >= 0.6 is 0 Å². The summed E-state index contributed by atoms with van der Waals surface area (Å²) in [6, 6.07) is 7.75. The minimum atomic E-state index is -0.174. The van der Waals surface area contributed by atoms with E-state index in [9.17, 15) is 4.79 Å². The maximum absolute atomic E-state index is 11.6. The highest BCUT2D eigenvalue weighted by Crippen LogP contribution is 2.20. The smallest absolute Gasteiger partial charge is 0.307 e. The van der Waals surface area contributed by atoms with Crippen molar-refractivity contribution in [1.82, 2.24) is 5.32 Å². The second-order valence-corrected chi connectivity index (χ2v) is 4.29. The van der Waals surface area contributed by atoms with Gasteiger partial charge in [-0.2, -0.15) is 0 Å². The summed E-state index contributed by atoms with van der Waals surface area (Å²) in [5.41, 5.74) is 1.07. The zero-order valence-corrected chi connectivity index (χ0v) is 11.9. The van der Waals surface area contributed by atoms with Crippen LogP contribution in [0.15, 0.2) is 24.3 Å². The minimum Gasteiger partial charge on any atom is -0.497 e. The summed E-state index contributed by atoms with van der Waals surface area (Å²) in [6.45, 7) is 5.21. The molecule has 0 spiro atoms. The van der Waals surface area contributed by atoms with E-state index in [1.807, 2.05) is 31.2 Å². The van der Waals surface area contributed by atoms with Gasteiger partial charge in [-0.1, -0.05) is 19.1 Å². The zero-order chi connectivity index (χ0) is 14.1. The van der Waals surface area contributed by atoms with Gasteiger partial charge in [0.25, 0.3) is 0 Å². The first-order chi connectivity index (χ1) is 9.21. The SMILES string of the molecule is CCCNC(CC(=O)OCC)c1ccc(OC)cc1. The fourth-order valence-corrected chi connectivity index (χ4v) is 1.85. The number of carbonyl (C=O) groups is 1. The van der Waals surface area contributed by atoms with Gasteiger partial charge < -0.3 is 14.8 Å². The van der Waals surface area contributed by atoms with Gasteiger partial charge in [-0.3, -0.25) is 4.79 Å². The molecule has 1 unspecified atom stereocenters. The van der Waals surface area contributed by atoms with Crippen LogP contribution in [0.1, 0.15) is 38.3 Å². The molecule has 0 saturated carbocycles. The Bertz CT molecular complexity index is 375. The third-order valence-corrected chi connectivity index (χ3v) is 2.84. The normalized spacial score (nSPS) is 11.9. The van der Waals surface area contributed by atoms with E-state index in [2.05, 4.69) is 12.2 Å². The van der Waals surface area contributed by atoms with E-state index in [0.29, 0.717) is 13.0 Å². The number of carbonyl (C=O) groups excluding carboxylic acids is 1. The molecule has 1 atom stereocenters. The molecule has 4 heteroatoms. The van der Waals surface area contributed by atoms with Crippen LogP contribution in [0, 0.1) is 0 Å². The molecule has 0 aliphatic rings. The molecule has 0 aliphatic carbocycles. The number of rotatable bonds is 8. The summed E-state index contributed by atoms with van der Waals surface area (Å²) in [6.07, 6.45) is 1.37. The van der Waals surface area contributed by atoms with Crippen LogP contribution in [0.25, 0.3) is 0 Å². The first-order valence-electron chi connectivity index (χ1n) is 6.74. The van der Waals surface area contributed by atoms with Crippen LogP contribution < -0.4 is 10.1 Å². The monoisotopic (exact) mass is 265 g/mol. The molecule has 0 aromatic heterocycles. The Balaban J connectivity index is 2.73. The molecule has 4 nitrogen and oxygen atoms in total. The summed E-state index contributed by atoms with van der Waals surface area (Å²) >= 11 is 0. The fourth-order valence-electron chi connectivity index (χ4n) is 1.85. The lowest BCUT2D eigenvalue weighted by Crippen LogP contribution is -2.25. The summed E-state index contributed by atoms with van der Waals surface area (Å²) in [7, 11) is 1.64. The first-order valence-corrected chi connectivity index (χ1v) is 6.74. The van der Waals surface area contributed by atoms with E-state index in [0.717, 1.165) is 24.3 Å². The van der Waals surface area contributed by atoms with Crippen LogP contribution in [-0.2, 0) is 9.53 Å². The number of hydrogen-bond acceptors (Lipinski definition) is 4. The lowest BCUT2D eigenvalue weighted by Gasteiger charge is -2.18. The number of benzene rings is 1. The van der Waals surface area contributed by atoms with Crippen molar-refractivity contribution < 1.29 is 14.3 Å². The number of ether oxygens (including phenoxy) is 2. The highest BCUT2D eigenvalue weighted by atomic mass is 16.5. The van der Waals surface area contributed by atoms with Gasteiger partial charge in [0.15, 0.2) is 0 Å². The van der Waals surface area contributed by atoms with Crippen LogP contribution in [-0.4, -0.2) is 26.2 Å². The predicted molar refractivity (Wildman–Crippen MR) is 75.3 cm³/mol. The Labute approximate surface area is 115 Å². The Hall–Kier alpha value is -1.55. The number of methoxy groups -OCH3 is 1. The van der Waals surface area contributed by atoms with Gasteiger partial charge in [0.05, 0.1) is 20.1 Å². The van der Waals surface area contributed by atoms with Gasteiger partial charge in [0.1, 0.15) is 5.75 Å². The molecule has 0 bridgehead atoms. The van der Waals surface area contributed by atoms with Crippen LogP contribution in [0.2, 0.25) is 0 Å². The molecule has 1 aromatic rings. The summed E-state index contributed by atoms with van der Waals surface area (Å²) in [4.78, 5) is 11.6. The van der Waals surface area contributed by atoms with Gasteiger partial charge in [0, 0.05) is 6.04 Å². The molecule has 106 valence electrons. The molecule has 0 amide bonds. The lowest BCUT2D eigenvalue weighted by molar-refractivity contribution is -0.143. The van der Waals surface area contributed by atoms with Gasteiger partial charge >= 0.3 is 5.97 Å². The highest BCUT2D eigenvalue weighted by molar-refractivity contribution is 5.70. The standard InChI is InChI=1S/C15H23NO3/c1-4-10-16-14(11-15(17)19-5-2)12-6-8-13(18-3)9-7-12/h6-9,14,16H,4-5,10-11H2,1-3H3. The van der Waals surface area contributed by atoms with E-state index in [-0.39, 0.29) is 12.0 Å². The first kappa shape index (κ1) is 15.5. The van der Waals surface area contributed by atoms with Crippen molar-refractivity contribution in [3.05, 3.63) is 29.8 Å². The molecule has 19 heavy (non-hydrogen) atoms. The van der Waals surface area contributed by atoms with Gasteiger partial charge in [-0.25, -0.2) is 0 Å². The van der Waals surface area contributed by atoms with Gasteiger partial charge in [0.2, 0.25) is 0 Å². The maximum atomic E-state index is 11.6. The third-order valence-electron chi connectivity index (χ3n) is 2.84. The van der Waals surface area contributed by atoms with Crippen LogP contribution in [0.3, 0.4) is 0 Å². The van der Waals surface area contributed by atoms with E-state index >= 15 is 0 Å². The summed E-state index contributed by atoms with van der Waals surface area (Å²) in [5.74, 6) is 0.640. The van der Waals surface area contributed by atoms with Crippen LogP contribution in [0.5, 0.6) is 5.75 Å². The number of hydrogen-bond donors (Lipinski definition) is 1. The largest absolute Gasteiger partial charge is 0.497 e. The molecule has 1 rings (SSSR count).